The number of carbonyl (C=O) groups excluding carboxylic acids is 3. The van der Waals surface area contributed by atoms with Gasteiger partial charge in [0, 0.05) is 37.9 Å². The fourth-order valence-electron chi connectivity index (χ4n) is 5.31. The molecule has 158 valence electrons. The van der Waals surface area contributed by atoms with Gasteiger partial charge in [-0.15, -0.1) is 0 Å². The van der Waals surface area contributed by atoms with Crippen LogP contribution >= 0.6 is 0 Å². The van der Waals surface area contributed by atoms with Gasteiger partial charge in [0.25, 0.3) is 5.91 Å². The molecule has 3 amide bonds. The van der Waals surface area contributed by atoms with E-state index in [9.17, 15) is 14.4 Å². The van der Waals surface area contributed by atoms with E-state index in [1.54, 1.807) is 6.92 Å². The third-order valence-corrected chi connectivity index (χ3v) is 7.09. The molecule has 4 atom stereocenters. The Hall–Kier alpha value is -2.38. The predicted molar refractivity (Wildman–Crippen MR) is 105 cm³/mol. The van der Waals surface area contributed by atoms with Crippen molar-refractivity contribution in [1.29, 1.82) is 0 Å². The zero-order chi connectivity index (χ0) is 20.7. The Morgan fingerprint density at radius 1 is 1.21 bits per heavy atom. The molecule has 0 aromatic carbocycles. The van der Waals surface area contributed by atoms with Crippen molar-refractivity contribution in [1.82, 2.24) is 15.4 Å². The van der Waals surface area contributed by atoms with E-state index < -0.39 is 0 Å². The van der Waals surface area contributed by atoms with Crippen LogP contribution in [0.1, 0.15) is 54.4 Å². The van der Waals surface area contributed by atoms with Crippen LogP contribution < -0.4 is 11.1 Å². The standard InChI is InChI=1S/C21H30N4O4/c1-3-17-18(11(2)24-29-17)20(27)23-8-14-15-9-25(10-16(14)15)21(28)13-6-4-5-12(7-13)19(22)26/h12-16H,3-10H2,1-2H3,(H2,22,26)(H,23,27). The van der Waals surface area contributed by atoms with Crippen LogP contribution in [0.4, 0.5) is 0 Å². The molecule has 0 bridgehead atoms. The van der Waals surface area contributed by atoms with Gasteiger partial charge in [-0.05, 0) is 43.9 Å². The molecular formula is C21H30N4O4. The quantitative estimate of drug-likeness (QED) is 0.743. The molecule has 4 rings (SSSR count). The molecule has 0 radical (unpaired) electrons. The van der Waals surface area contributed by atoms with Crippen LogP contribution in [0.25, 0.3) is 0 Å². The number of nitrogens with two attached hydrogens (primary N) is 1. The van der Waals surface area contributed by atoms with Crippen LogP contribution in [0.15, 0.2) is 4.52 Å². The maximum Gasteiger partial charge on any atom is 0.256 e. The number of piperidine rings is 1. The largest absolute Gasteiger partial charge is 0.369 e. The fourth-order valence-corrected chi connectivity index (χ4v) is 5.31. The van der Waals surface area contributed by atoms with Crippen LogP contribution in [0, 0.1) is 36.5 Å². The first kappa shape index (κ1) is 19.9. The lowest BCUT2D eigenvalue weighted by Crippen LogP contribution is -2.40. The lowest BCUT2D eigenvalue weighted by Gasteiger charge is -2.30. The van der Waals surface area contributed by atoms with Crippen LogP contribution in [0.5, 0.6) is 0 Å². The Kier molecular flexibility index (Phi) is 5.36. The van der Waals surface area contributed by atoms with Gasteiger partial charge in [0.15, 0.2) is 0 Å². The Morgan fingerprint density at radius 2 is 1.90 bits per heavy atom. The first-order valence-electron chi connectivity index (χ1n) is 10.7. The van der Waals surface area contributed by atoms with Crippen LogP contribution in [0.3, 0.4) is 0 Å². The number of rotatable bonds is 6. The monoisotopic (exact) mass is 402 g/mol. The average Bonchev–Trinajstić information content (AvgIpc) is 3.04. The second-order valence-electron chi connectivity index (χ2n) is 8.83. The van der Waals surface area contributed by atoms with E-state index in [2.05, 4.69) is 10.5 Å². The summed E-state index contributed by atoms with van der Waals surface area (Å²) >= 11 is 0. The number of aryl methyl sites for hydroxylation is 2. The van der Waals surface area contributed by atoms with Gasteiger partial charge in [-0.2, -0.15) is 0 Å². The number of carbonyl (C=O) groups is 3. The molecule has 4 unspecified atom stereocenters. The van der Waals surface area contributed by atoms with Gasteiger partial charge in [0.05, 0.1) is 5.69 Å². The topological polar surface area (TPSA) is 119 Å². The normalized spacial score (nSPS) is 30.7. The molecule has 3 N–H and O–H groups in total. The highest BCUT2D eigenvalue weighted by atomic mass is 16.5. The third-order valence-electron chi connectivity index (χ3n) is 7.09. The zero-order valence-electron chi connectivity index (χ0n) is 17.1. The fraction of sp³-hybridized carbons (Fsp3) is 0.714. The molecule has 1 aliphatic heterocycles. The van der Waals surface area contributed by atoms with Crippen molar-refractivity contribution in [2.24, 2.45) is 35.3 Å². The van der Waals surface area contributed by atoms with E-state index in [1.807, 2.05) is 11.8 Å². The van der Waals surface area contributed by atoms with Gasteiger partial charge >= 0.3 is 0 Å². The molecule has 8 heteroatoms. The molecule has 1 aromatic heterocycles. The van der Waals surface area contributed by atoms with E-state index in [4.69, 9.17) is 10.3 Å². The molecule has 8 nitrogen and oxygen atoms in total. The minimum absolute atomic E-state index is 0.0686. The van der Waals surface area contributed by atoms with Crippen LogP contribution in [-0.4, -0.2) is 47.4 Å². The molecule has 1 aromatic rings. The van der Waals surface area contributed by atoms with Gasteiger partial charge in [0.1, 0.15) is 11.3 Å². The van der Waals surface area contributed by atoms with Crippen LogP contribution in [0.2, 0.25) is 0 Å². The summed E-state index contributed by atoms with van der Waals surface area (Å²) in [6.45, 7) is 5.85. The van der Waals surface area contributed by atoms with Crippen molar-refractivity contribution < 1.29 is 18.9 Å². The summed E-state index contributed by atoms with van der Waals surface area (Å²) < 4.78 is 5.20. The summed E-state index contributed by atoms with van der Waals surface area (Å²) in [6.07, 6.45) is 3.77. The second kappa shape index (κ2) is 7.80. The Labute approximate surface area is 170 Å². The zero-order valence-corrected chi connectivity index (χ0v) is 17.1. The molecular weight excluding hydrogens is 372 g/mol. The second-order valence-corrected chi connectivity index (χ2v) is 8.83. The lowest BCUT2D eigenvalue weighted by molar-refractivity contribution is -0.137. The number of nitrogens with zero attached hydrogens (tertiary/aromatic N) is 2. The smallest absolute Gasteiger partial charge is 0.256 e. The van der Waals surface area contributed by atoms with Crippen molar-refractivity contribution in [2.45, 2.75) is 46.0 Å². The molecule has 2 heterocycles. The molecule has 3 fully saturated rings. The highest BCUT2D eigenvalue weighted by molar-refractivity contribution is 5.96. The van der Waals surface area contributed by atoms with Gasteiger partial charge in [-0.25, -0.2) is 0 Å². The van der Waals surface area contributed by atoms with Crippen molar-refractivity contribution in [3.05, 3.63) is 17.0 Å². The number of nitrogens with one attached hydrogen (secondary N) is 1. The number of amides is 3. The van der Waals surface area contributed by atoms with Crippen molar-refractivity contribution in [3.8, 4) is 0 Å². The third kappa shape index (κ3) is 3.76. The number of primary amides is 1. The SMILES string of the molecule is CCc1onc(C)c1C(=O)NCC1C2CN(C(=O)C3CCCC(C(N)=O)C3)CC12. The van der Waals surface area contributed by atoms with Crippen LogP contribution in [-0.2, 0) is 16.0 Å². The predicted octanol–water partition coefficient (Wildman–Crippen LogP) is 1.27. The molecule has 1 saturated heterocycles. The van der Waals surface area contributed by atoms with Gasteiger partial charge < -0.3 is 20.5 Å². The molecule has 29 heavy (non-hydrogen) atoms. The number of fused-ring (bicyclic) bond motifs is 1. The number of likely N-dealkylation sites (tertiary alicyclic amines) is 1. The number of hydrogen-bond donors (Lipinski definition) is 2. The maximum absolute atomic E-state index is 12.9. The number of aromatic nitrogens is 1. The molecule has 0 spiro atoms. The summed E-state index contributed by atoms with van der Waals surface area (Å²) in [4.78, 5) is 38.8. The van der Waals surface area contributed by atoms with Gasteiger partial charge in [-0.1, -0.05) is 18.5 Å². The van der Waals surface area contributed by atoms with Gasteiger partial charge in [-0.3, -0.25) is 14.4 Å². The Balaban J connectivity index is 1.25. The van der Waals surface area contributed by atoms with E-state index in [0.717, 1.165) is 32.4 Å². The number of hydrogen-bond acceptors (Lipinski definition) is 5. The van der Waals surface area contributed by atoms with Crippen molar-refractivity contribution in [3.63, 3.8) is 0 Å². The summed E-state index contributed by atoms with van der Waals surface area (Å²) in [5.41, 5.74) is 6.61. The first-order chi connectivity index (χ1) is 13.9. The summed E-state index contributed by atoms with van der Waals surface area (Å²) in [7, 11) is 0. The average molecular weight is 402 g/mol. The lowest BCUT2D eigenvalue weighted by atomic mass is 9.80. The van der Waals surface area contributed by atoms with Crippen molar-refractivity contribution >= 4 is 17.7 Å². The maximum atomic E-state index is 12.9. The minimum atomic E-state index is -0.281. The minimum Gasteiger partial charge on any atom is -0.369 e. The van der Waals surface area contributed by atoms with E-state index in [0.29, 0.717) is 54.2 Å². The van der Waals surface area contributed by atoms with E-state index in [-0.39, 0.29) is 29.6 Å². The van der Waals surface area contributed by atoms with Gasteiger partial charge in [0.2, 0.25) is 11.8 Å². The summed E-state index contributed by atoms with van der Waals surface area (Å²) in [5.74, 6) is 1.52. The first-order valence-corrected chi connectivity index (χ1v) is 10.7. The highest BCUT2D eigenvalue weighted by Crippen LogP contribution is 2.51. The van der Waals surface area contributed by atoms with Crippen molar-refractivity contribution in [2.75, 3.05) is 19.6 Å². The molecule has 2 saturated carbocycles. The molecule has 3 aliphatic rings. The summed E-state index contributed by atoms with van der Waals surface area (Å²) in [6, 6.07) is 0. The Morgan fingerprint density at radius 3 is 2.55 bits per heavy atom. The Bertz CT molecular complexity index is 808. The van der Waals surface area contributed by atoms with E-state index in [1.165, 1.54) is 0 Å². The van der Waals surface area contributed by atoms with E-state index >= 15 is 0 Å². The molecule has 2 aliphatic carbocycles. The highest BCUT2D eigenvalue weighted by Gasteiger charge is 2.56. The summed E-state index contributed by atoms with van der Waals surface area (Å²) in [5, 5.41) is 6.91.